The summed E-state index contributed by atoms with van der Waals surface area (Å²) in [6, 6.07) is 18.4. The van der Waals surface area contributed by atoms with Crippen LogP contribution in [0.15, 0.2) is 76.5 Å². The molecule has 0 spiro atoms. The van der Waals surface area contributed by atoms with E-state index >= 15 is 0 Å². The molecule has 4 nitrogen and oxygen atoms in total. The minimum atomic E-state index is -0.952. The highest BCUT2D eigenvalue weighted by Crippen LogP contribution is 2.15. The third kappa shape index (κ3) is 3.94. The van der Waals surface area contributed by atoms with Crippen molar-refractivity contribution in [2.24, 2.45) is 4.99 Å². The fraction of sp³-hybridized carbons (Fsp3) is 0.105. The van der Waals surface area contributed by atoms with Crippen LogP contribution in [0.1, 0.15) is 16.8 Å². The predicted octanol–water partition coefficient (Wildman–Crippen LogP) is 3.68. The number of nitrogens with zero attached hydrogens (tertiary/aromatic N) is 2. The average Bonchev–Trinajstić information content (AvgIpc) is 3.13. The molecule has 0 bridgehead atoms. The summed E-state index contributed by atoms with van der Waals surface area (Å²) >= 11 is 1.45. The van der Waals surface area contributed by atoms with Gasteiger partial charge in [-0.1, -0.05) is 60.7 Å². The first-order valence-corrected chi connectivity index (χ1v) is 8.47. The first-order chi connectivity index (χ1) is 11.7. The quantitative estimate of drug-likeness (QED) is 0.699. The third-order valence-corrected chi connectivity index (χ3v) is 4.19. The number of carboxylic acids is 1. The number of benzene rings is 2. The molecule has 120 valence electrons. The molecule has 0 saturated carbocycles. The molecule has 0 radical (unpaired) electrons. The first-order valence-electron chi connectivity index (χ1n) is 7.52. The summed E-state index contributed by atoms with van der Waals surface area (Å²) in [5.74, 6) is -0.952. The number of aliphatic carboxylic acids is 1. The van der Waals surface area contributed by atoms with Gasteiger partial charge in [0.05, 0.1) is 16.9 Å². The van der Waals surface area contributed by atoms with Gasteiger partial charge in [-0.25, -0.2) is 9.78 Å². The summed E-state index contributed by atoms with van der Waals surface area (Å²) in [5.41, 5.74) is 4.92. The topological polar surface area (TPSA) is 62.5 Å². The molecule has 1 heterocycles. The second kappa shape index (κ2) is 7.66. The van der Waals surface area contributed by atoms with Crippen LogP contribution in [-0.4, -0.2) is 27.8 Å². The zero-order valence-electron chi connectivity index (χ0n) is 12.9. The van der Waals surface area contributed by atoms with Crippen LogP contribution in [-0.2, 0) is 11.2 Å². The Kier molecular flexibility index (Phi) is 5.13. The fourth-order valence-electron chi connectivity index (χ4n) is 2.39. The van der Waals surface area contributed by atoms with E-state index in [0.717, 1.165) is 16.8 Å². The van der Waals surface area contributed by atoms with E-state index in [1.807, 2.05) is 66.0 Å². The maximum Gasteiger partial charge on any atom is 0.328 e. The zero-order chi connectivity index (χ0) is 16.8. The Bertz CT molecular complexity index is 774. The lowest BCUT2D eigenvalue weighted by Crippen LogP contribution is -2.23. The van der Waals surface area contributed by atoms with Gasteiger partial charge in [-0.3, -0.25) is 4.99 Å². The molecule has 1 atom stereocenters. The molecular formula is C19H16N2O2S. The zero-order valence-corrected chi connectivity index (χ0v) is 13.7. The van der Waals surface area contributed by atoms with Crippen molar-refractivity contribution < 1.29 is 9.90 Å². The molecule has 1 unspecified atom stereocenters. The van der Waals surface area contributed by atoms with E-state index < -0.39 is 12.0 Å². The van der Waals surface area contributed by atoms with Crippen molar-refractivity contribution in [1.82, 2.24) is 4.98 Å². The van der Waals surface area contributed by atoms with E-state index in [-0.39, 0.29) is 6.42 Å². The lowest BCUT2D eigenvalue weighted by molar-refractivity contribution is -0.138. The number of carbonyl (C=O) groups is 1. The Morgan fingerprint density at radius 2 is 1.62 bits per heavy atom. The van der Waals surface area contributed by atoms with Gasteiger partial charge < -0.3 is 5.11 Å². The largest absolute Gasteiger partial charge is 0.480 e. The molecule has 0 amide bonds. The highest BCUT2D eigenvalue weighted by molar-refractivity contribution is 7.07. The normalized spacial score (nSPS) is 11.7. The Balaban J connectivity index is 2.02. The van der Waals surface area contributed by atoms with E-state index in [9.17, 15) is 9.90 Å². The van der Waals surface area contributed by atoms with Crippen LogP contribution in [0.2, 0.25) is 0 Å². The van der Waals surface area contributed by atoms with Gasteiger partial charge in [-0.2, -0.15) is 0 Å². The van der Waals surface area contributed by atoms with Crippen molar-refractivity contribution in [2.75, 3.05) is 0 Å². The van der Waals surface area contributed by atoms with Crippen LogP contribution in [0.3, 0.4) is 0 Å². The third-order valence-electron chi connectivity index (χ3n) is 3.55. The molecule has 3 aromatic rings. The number of hydrogen-bond acceptors (Lipinski definition) is 4. The number of aromatic nitrogens is 1. The van der Waals surface area contributed by atoms with E-state index in [2.05, 4.69) is 9.98 Å². The van der Waals surface area contributed by atoms with Crippen molar-refractivity contribution in [3.05, 3.63) is 88.4 Å². The molecule has 0 saturated heterocycles. The van der Waals surface area contributed by atoms with Crippen molar-refractivity contribution >= 4 is 23.0 Å². The van der Waals surface area contributed by atoms with Crippen molar-refractivity contribution in [1.29, 1.82) is 0 Å². The Morgan fingerprint density at radius 1 is 1.04 bits per heavy atom. The molecule has 1 aromatic heterocycles. The van der Waals surface area contributed by atoms with Crippen molar-refractivity contribution in [2.45, 2.75) is 12.5 Å². The van der Waals surface area contributed by atoms with E-state index in [1.54, 1.807) is 5.51 Å². The first kappa shape index (κ1) is 16.1. The Labute approximate surface area is 144 Å². The standard InChI is InChI=1S/C19H16N2O2S/c22-19(23)17(11-16-12-24-13-20-16)21-18(14-7-3-1-4-8-14)15-9-5-2-6-10-15/h1-10,12-13,17H,11H2,(H,22,23). The summed E-state index contributed by atoms with van der Waals surface area (Å²) < 4.78 is 0. The van der Waals surface area contributed by atoms with Crippen LogP contribution in [0.4, 0.5) is 0 Å². The van der Waals surface area contributed by atoms with Gasteiger partial charge in [0.2, 0.25) is 0 Å². The molecule has 3 rings (SSSR count). The highest BCUT2D eigenvalue weighted by Gasteiger charge is 2.20. The lowest BCUT2D eigenvalue weighted by atomic mass is 10.0. The molecule has 0 fully saturated rings. The van der Waals surface area contributed by atoms with E-state index in [0.29, 0.717) is 5.71 Å². The number of aliphatic imine (C=N–C) groups is 1. The molecule has 0 aliphatic carbocycles. The van der Waals surface area contributed by atoms with Crippen LogP contribution in [0, 0.1) is 0 Å². The fourth-order valence-corrected chi connectivity index (χ4v) is 2.96. The van der Waals surface area contributed by atoms with Gasteiger partial charge in [0, 0.05) is 22.9 Å². The van der Waals surface area contributed by atoms with Gasteiger partial charge in [0.15, 0.2) is 6.04 Å². The van der Waals surface area contributed by atoms with Gasteiger partial charge in [0.1, 0.15) is 0 Å². The summed E-state index contributed by atoms with van der Waals surface area (Å²) in [6.45, 7) is 0. The van der Waals surface area contributed by atoms with Gasteiger partial charge in [-0.15, -0.1) is 11.3 Å². The Morgan fingerprint density at radius 3 is 2.08 bits per heavy atom. The number of thiazole rings is 1. The second-order valence-corrected chi connectivity index (χ2v) is 5.97. The SMILES string of the molecule is O=C(O)C(Cc1cscn1)N=C(c1ccccc1)c1ccccc1. The molecule has 5 heteroatoms. The maximum atomic E-state index is 11.7. The van der Waals surface area contributed by atoms with Gasteiger partial charge >= 0.3 is 5.97 Å². The van der Waals surface area contributed by atoms with E-state index in [1.165, 1.54) is 11.3 Å². The summed E-state index contributed by atoms with van der Waals surface area (Å²) in [6.07, 6.45) is 0.280. The van der Waals surface area contributed by atoms with Crippen LogP contribution in [0.25, 0.3) is 0 Å². The van der Waals surface area contributed by atoms with Gasteiger partial charge in [0.25, 0.3) is 0 Å². The minimum absolute atomic E-state index is 0.280. The summed E-state index contributed by atoms with van der Waals surface area (Å²) in [4.78, 5) is 20.4. The number of carboxylic acid groups (broad SMARTS) is 1. The van der Waals surface area contributed by atoms with Crippen LogP contribution < -0.4 is 0 Å². The van der Waals surface area contributed by atoms with Crippen LogP contribution in [0.5, 0.6) is 0 Å². The lowest BCUT2D eigenvalue weighted by Gasteiger charge is -2.12. The smallest absolute Gasteiger partial charge is 0.328 e. The molecule has 1 N–H and O–H groups in total. The van der Waals surface area contributed by atoms with E-state index in [4.69, 9.17) is 0 Å². The molecular weight excluding hydrogens is 320 g/mol. The molecule has 0 aliphatic heterocycles. The van der Waals surface area contributed by atoms with Crippen LogP contribution >= 0.6 is 11.3 Å². The Hall–Kier alpha value is -2.79. The average molecular weight is 336 g/mol. The van der Waals surface area contributed by atoms with Crippen molar-refractivity contribution in [3.8, 4) is 0 Å². The van der Waals surface area contributed by atoms with Gasteiger partial charge in [-0.05, 0) is 0 Å². The molecule has 24 heavy (non-hydrogen) atoms. The number of hydrogen-bond donors (Lipinski definition) is 1. The molecule has 2 aromatic carbocycles. The highest BCUT2D eigenvalue weighted by atomic mass is 32.1. The molecule has 0 aliphatic rings. The second-order valence-electron chi connectivity index (χ2n) is 5.25. The van der Waals surface area contributed by atoms with Crippen molar-refractivity contribution in [3.63, 3.8) is 0 Å². The number of rotatable bonds is 6. The monoisotopic (exact) mass is 336 g/mol. The minimum Gasteiger partial charge on any atom is -0.480 e. The maximum absolute atomic E-state index is 11.7. The summed E-state index contributed by atoms with van der Waals surface area (Å²) in [5, 5.41) is 11.4. The predicted molar refractivity (Wildman–Crippen MR) is 95.8 cm³/mol. The summed E-state index contributed by atoms with van der Waals surface area (Å²) in [7, 11) is 0.